The van der Waals surface area contributed by atoms with Gasteiger partial charge in [0.05, 0.1) is 12.5 Å². The lowest BCUT2D eigenvalue weighted by atomic mass is 10.2. The van der Waals surface area contributed by atoms with Crippen LogP contribution in [0.3, 0.4) is 0 Å². The van der Waals surface area contributed by atoms with Crippen LogP contribution in [0.25, 0.3) is 0 Å². The van der Waals surface area contributed by atoms with Crippen LogP contribution in [-0.2, 0) is 4.79 Å². The molecule has 0 fully saturated rings. The highest BCUT2D eigenvalue weighted by Crippen LogP contribution is 2.25. The fraction of sp³-hybridized carbons (Fsp3) is 0.364. The van der Waals surface area contributed by atoms with Gasteiger partial charge in [-0.2, -0.15) is 0 Å². The molecule has 1 aromatic rings. The molecule has 3 N–H and O–H groups in total. The molecule has 0 radical (unpaired) electrons. The third-order valence-corrected chi connectivity index (χ3v) is 3.18. The lowest BCUT2D eigenvalue weighted by Crippen LogP contribution is -2.22. The van der Waals surface area contributed by atoms with Gasteiger partial charge in [-0.1, -0.05) is 12.1 Å². The molecule has 0 heterocycles. The Hall–Kier alpha value is -1.07. The number of halogens is 1. The maximum absolute atomic E-state index is 10.3. The number of rotatable bonds is 5. The Bertz CT molecular complexity index is 381. The molecular weight excluding hydrogens is 274 g/mol. The molecule has 16 heavy (non-hydrogen) atoms. The number of nitrogens with one attached hydrogen (secondary N) is 1. The highest BCUT2D eigenvalue weighted by atomic mass is 79.9. The second-order valence-electron chi connectivity index (χ2n) is 3.57. The van der Waals surface area contributed by atoms with Gasteiger partial charge in [0, 0.05) is 16.7 Å². The van der Waals surface area contributed by atoms with Crippen molar-refractivity contribution in [3.8, 4) is 0 Å². The van der Waals surface area contributed by atoms with Crippen molar-refractivity contribution in [2.24, 2.45) is 0 Å². The van der Waals surface area contributed by atoms with Crippen LogP contribution in [0.15, 0.2) is 22.7 Å². The van der Waals surface area contributed by atoms with Crippen LogP contribution in [0.2, 0.25) is 0 Å². The van der Waals surface area contributed by atoms with Gasteiger partial charge in [0.15, 0.2) is 0 Å². The first kappa shape index (κ1) is 13.0. The minimum atomic E-state index is -1.00. The molecule has 0 amide bonds. The van der Waals surface area contributed by atoms with Crippen molar-refractivity contribution in [3.05, 3.63) is 28.2 Å². The van der Waals surface area contributed by atoms with Crippen molar-refractivity contribution in [1.29, 1.82) is 0 Å². The SMILES string of the molecule is Cc1cccc(NCC(O)CC(=O)O)c1Br. The molecule has 0 saturated heterocycles. The molecule has 0 aliphatic carbocycles. The summed E-state index contributed by atoms with van der Waals surface area (Å²) in [5.74, 6) is -1.00. The van der Waals surface area contributed by atoms with Crippen molar-refractivity contribution >= 4 is 27.6 Å². The van der Waals surface area contributed by atoms with E-state index in [1.165, 1.54) is 0 Å². The van der Waals surface area contributed by atoms with Crippen molar-refractivity contribution < 1.29 is 15.0 Å². The second-order valence-corrected chi connectivity index (χ2v) is 4.36. The van der Waals surface area contributed by atoms with E-state index in [9.17, 15) is 9.90 Å². The molecule has 88 valence electrons. The zero-order valence-electron chi connectivity index (χ0n) is 8.90. The Morgan fingerprint density at radius 2 is 2.25 bits per heavy atom. The average Bonchev–Trinajstić information content (AvgIpc) is 2.19. The van der Waals surface area contributed by atoms with Gasteiger partial charge in [0.2, 0.25) is 0 Å². The van der Waals surface area contributed by atoms with Crippen LogP contribution in [0.4, 0.5) is 5.69 Å². The molecule has 0 aromatic heterocycles. The highest BCUT2D eigenvalue weighted by molar-refractivity contribution is 9.10. The van der Waals surface area contributed by atoms with Crippen molar-refractivity contribution in [2.45, 2.75) is 19.4 Å². The van der Waals surface area contributed by atoms with Crippen molar-refractivity contribution in [1.82, 2.24) is 0 Å². The number of hydrogen-bond donors (Lipinski definition) is 3. The first-order valence-corrected chi connectivity index (χ1v) is 5.69. The topological polar surface area (TPSA) is 69.6 Å². The van der Waals surface area contributed by atoms with E-state index in [0.29, 0.717) is 0 Å². The van der Waals surface area contributed by atoms with E-state index in [4.69, 9.17) is 5.11 Å². The first-order valence-electron chi connectivity index (χ1n) is 4.89. The minimum Gasteiger partial charge on any atom is -0.481 e. The Kier molecular flexibility index (Phi) is 4.76. The summed E-state index contributed by atoms with van der Waals surface area (Å²) in [5.41, 5.74) is 1.93. The van der Waals surface area contributed by atoms with Crippen molar-refractivity contribution in [2.75, 3.05) is 11.9 Å². The number of carbonyl (C=O) groups is 1. The Balaban J connectivity index is 2.54. The molecule has 1 unspecified atom stereocenters. The van der Waals surface area contributed by atoms with E-state index in [1.54, 1.807) is 0 Å². The largest absolute Gasteiger partial charge is 0.481 e. The minimum absolute atomic E-state index is 0.217. The van der Waals surface area contributed by atoms with E-state index in [-0.39, 0.29) is 13.0 Å². The summed E-state index contributed by atoms with van der Waals surface area (Å²) < 4.78 is 0.928. The van der Waals surface area contributed by atoms with Crippen LogP contribution in [-0.4, -0.2) is 28.8 Å². The Labute approximate surface area is 102 Å². The molecule has 0 saturated carbocycles. The molecule has 0 spiro atoms. The van der Waals surface area contributed by atoms with Gasteiger partial charge in [-0.05, 0) is 34.5 Å². The standard InChI is InChI=1S/C11H14BrNO3/c1-7-3-2-4-9(11(7)12)13-6-8(14)5-10(15)16/h2-4,8,13-14H,5-6H2,1H3,(H,15,16). The normalized spacial score (nSPS) is 12.2. The summed E-state index contributed by atoms with van der Waals surface area (Å²) in [7, 11) is 0. The quantitative estimate of drug-likeness (QED) is 0.775. The molecule has 1 rings (SSSR count). The van der Waals surface area contributed by atoms with Crippen molar-refractivity contribution in [3.63, 3.8) is 0 Å². The predicted octanol–water partition coefficient (Wildman–Crippen LogP) is 2.01. The second kappa shape index (κ2) is 5.86. The van der Waals surface area contributed by atoms with Crippen LogP contribution in [0, 0.1) is 6.92 Å². The highest BCUT2D eigenvalue weighted by Gasteiger charge is 2.10. The molecule has 1 aromatic carbocycles. The molecule has 5 heteroatoms. The van der Waals surface area contributed by atoms with E-state index in [0.717, 1.165) is 15.7 Å². The third kappa shape index (κ3) is 3.83. The average molecular weight is 288 g/mol. The van der Waals surface area contributed by atoms with Gasteiger partial charge < -0.3 is 15.5 Å². The monoisotopic (exact) mass is 287 g/mol. The molecule has 1 atom stereocenters. The van der Waals surface area contributed by atoms with E-state index in [2.05, 4.69) is 21.2 Å². The summed E-state index contributed by atoms with van der Waals surface area (Å²) in [6.45, 7) is 2.18. The van der Waals surface area contributed by atoms with E-state index < -0.39 is 12.1 Å². The smallest absolute Gasteiger partial charge is 0.306 e. The number of carboxylic acids is 1. The van der Waals surface area contributed by atoms with Crippen LogP contribution >= 0.6 is 15.9 Å². The number of aliphatic carboxylic acids is 1. The van der Waals surface area contributed by atoms with Gasteiger partial charge >= 0.3 is 5.97 Å². The molecule has 0 aliphatic rings. The van der Waals surface area contributed by atoms with E-state index >= 15 is 0 Å². The van der Waals surface area contributed by atoms with Gasteiger partial charge in [-0.3, -0.25) is 4.79 Å². The Morgan fingerprint density at radius 1 is 1.56 bits per heavy atom. The van der Waals surface area contributed by atoms with Gasteiger partial charge in [0.1, 0.15) is 0 Å². The van der Waals surface area contributed by atoms with Gasteiger partial charge in [-0.25, -0.2) is 0 Å². The third-order valence-electron chi connectivity index (χ3n) is 2.13. The molecule has 0 bridgehead atoms. The molecule has 4 nitrogen and oxygen atoms in total. The molecule has 0 aliphatic heterocycles. The molecular formula is C11H14BrNO3. The number of anilines is 1. The van der Waals surface area contributed by atoms with Crippen LogP contribution in [0.1, 0.15) is 12.0 Å². The summed E-state index contributed by atoms with van der Waals surface area (Å²) in [4.78, 5) is 10.3. The first-order chi connectivity index (χ1) is 7.50. The Morgan fingerprint density at radius 3 is 2.88 bits per heavy atom. The maximum atomic E-state index is 10.3. The fourth-order valence-electron chi connectivity index (χ4n) is 1.29. The fourth-order valence-corrected chi connectivity index (χ4v) is 1.69. The number of aliphatic hydroxyl groups is 1. The number of aliphatic hydroxyl groups excluding tert-OH is 1. The number of benzene rings is 1. The zero-order chi connectivity index (χ0) is 12.1. The van der Waals surface area contributed by atoms with Crippen LogP contribution < -0.4 is 5.32 Å². The summed E-state index contributed by atoms with van der Waals surface area (Å²) in [5, 5.41) is 20.9. The van der Waals surface area contributed by atoms with Gasteiger partial charge in [0.25, 0.3) is 0 Å². The summed E-state index contributed by atoms with van der Waals surface area (Å²) >= 11 is 3.42. The summed E-state index contributed by atoms with van der Waals surface area (Å²) in [6, 6.07) is 5.72. The lowest BCUT2D eigenvalue weighted by Gasteiger charge is -2.13. The van der Waals surface area contributed by atoms with Crippen LogP contribution in [0.5, 0.6) is 0 Å². The number of hydrogen-bond acceptors (Lipinski definition) is 3. The van der Waals surface area contributed by atoms with Gasteiger partial charge in [-0.15, -0.1) is 0 Å². The maximum Gasteiger partial charge on any atom is 0.306 e. The zero-order valence-corrected chi connectivity index (χ0v) is 10.5. The van der Waals surface area contributed by atoms with E-state index in [1.807, 2.05) is 25.1 Å². The number of carboxylic acid groups (broad SMARTS) is 1. The number of aryl methyl sites for hydroxylation is 1. The summed E-state index contributed by atoms with van der Waals surface area (Å²) in [6.07, 6.45) is -1.14. The lowest BCUT2D eigenvalue weighted by molar-refractivity contribution is -0.138. The predicted molar refractivity (Wildman–Crippen MR) is 65.6 cm³/mol.